The van der Waals surface area contributed by atoms with E-state index in [1.165, 1.54) is 0 Å². The molecule has 0 aliphatic heterocycles. The highest BCUT2D eigenvalue weighted by atomic mass is 16.2. The van der Waals surface area contributed by atoms with Gasteiger partial charge >= 0.3 is 0 Å². The molecule has 1 aromatic carbocycles. The number of aromatic nitrogens is 1. The highest BCUT2D eigenvalue weighted by Gasteiger charge is 2.15. The molecule has 0 radical (unpaired) electrons. The Morgan fingerprint density at radius 3 is 2.57 bits per heavy atom. The number of nitrogens with one attached hydrogen (secondary N) is 2. The Hall–Kier alpha value is -2.43. The second kappa shape index (κ2) is 5.91. The maximum absolute atomic E-state index is 12.2. The predicted molar refractivity (Wildman–Crippen MR) is 82.0 cm³/mol. The summed E-state index contributed by atoms with van der Waals surface area (Å²) >= 11 is 0. The van der Waals surface area contributed by atoms with Gasteiger partial charge in [-0.3, -0.25) is 14.6 Å². The third kappa shape index (κ3) is 4.02. The zero-order valence-electron chi connectivity index (χ0n) is 12.4. The number of hydrogen-bond acceptors (Lipinski definition) is 3. The number of carbonyl (C=O) groups excluding carboxylic acids is 2. The largest absolute Gasteiger partial charge is 0.350 e. The Morgan fingerprint density at radius 1 is 1.14 bits per heavy atom. The molecular weight excluding hydrogens is 266 g/mol. The van der Waals surface area contributed by atoms with Gasteiger partial charge in [-0.1, -0.05) is 18.2 Å². The third-order valence-electron chi connectivity index (χ3n) is 2.80. The van der Waals surface area contributed by atoms with E-state index in [4.69, 9.17) is 0 Å². The summed E-state index contributed by atoms with van der Waals surface area (Å²) in [5, 5.41) is 6.31. The molecule has 2 amide bonds. The topological polar surface area (TPSA) is 71.1 Å². The average molecular weight is 285 g/mol. The van der Waals surface area contributed by atoms with Crippen LogP contribution < -0.4 is 10.6 Å². The summed E-state index contributed by atoms with van der Waals surface area (Å²) in [5.41, 5.74) is 0.786. The number of nitrogens with zero attached hydrogens (tertiary/aromatic N) is 1. The van der Waals surface area contributed by atoms with E-state index in [2.05, 4.69) is 15.6 Å². The Bertz CT molecular complexity index is 669. The van der Waals surface area contributed by atoms with Gasteiger partial charge in [0.15, 0.2) is 0 Å². The van der Waals surface area contributed by atoms with E-state index in [-0.39, 0.29) is 23.9 Å². The number of para-hydroxylation sites is 1. The molecule has 2 N–H and O–H groups in total. The van der Waals surface area contributed by atoms with Crippen LogP contribution in [-0.2, 0) is 4.79 Å². The lowest BCUT2D eigenvalue weighted by molar-refractivity contribution is -0.121. The van der Waals surface area contributed by atoms with Gasteiger partial charge in [0.25, 0.3) is 5.91 Å². The summed E-state index contributed by atoms with van der Waals surface area (Å²) in [7, 11) is 0. The molecular formula is C16H19N3O2. The van der Waals surface area contributed by atoms with Crippen molar-refractivity contribution in [1.29, 1.82) is 0 Å². The van der Waals surface area contributed by atoms with E-state index in [1.807, 2.05) is 39.0 Å². The normalized spacial score (nSPS) is 11.2. The first-order chi connectivity index (χ1) is 9.87. The molecule has 5 heteroatoms. The molecule has 0 aliphatic rings. The maximum atomic E-state index is 12.2. The Morgan fingerprint density at radius 2 is 1.86 bits per heavy atom. The minimum Gasteiger partial charge on any atom is -0.350 e. The fourth-order valence-electron chi connectivity index (χ4n) is 2.01. The van der Waals surface area contributed by atoms with Crippen LogP contribution in [0.3, 0.4) is 0 Å². The highest BCUT2D eigenvalue weighted by Crippen LogP contribution is 2.15. The Labute approximate surface area is 123 Å². The van der Waals surface area contributed by atoms with Crippen molar-refractivity contribution in [3.05, 3.63) is 42.1 Å². The predicted octanol–water partition coefficient (Wildman–Crippen LogP) is 1.88. The smallest absolute Gasteiger partial charge is 0.253 e. The zero-order chi connectivity index (χ0) is 15.5. The number of fused-ring (bicyclic) bond motifs is 1. The molecule has 0 atom stereocenters. The molecule has 0 aliphatic carbocycles. The molecule has 1 aromatic heterocycles. The van der Waals surface area contributed by atoms with Gasteiger partial charge in [0.1, 0.15) is 0 Å². The molecule has 0 bridgehead atoms. The zero-order valence-corrected chi connectivity index (χ0v) is 12.4. The molecule has 0 spiro atoms. The Balaban J connectivity index is 2.08. The molecule has 21 heavy (non-hydrogen) atoms. The van der Waals surface area contributed by atoms with Gasteiger partial charge in [-0.25, -0.2) is 0 Å². The van der Waals surface area contributed by atoms with Crippen LogP contribution in [0.4, 0.5) is 0 Å². The lowest BCUT2D eigenvalue weighted by Gasteiger charge is -2.20. The van der Waals surface area contributed by atoms with E-state index >= 15 is 0 Å². The van der Waals surface area contributed by atoms with Crippen LogP contribution >= 0.6 is 0 Å². The summed E-state index contributed by atoms with van der Waals surface area (Å²) in [6.07, 6.45) is 1.64. The molecule has 0 saturated heterocycles. The van der Waals surface area contributed by atoms with Crippen molar-refractivity contribution >= 4 is 22.7 Å². The first-order valence-corrected chi connectivity index (χ1v) is 6.80. The van der Waals surface area contributed by atoms with Gasteiger partial charge in [0.2, 0.25) is 5.91 Å². The summed E-state index contributed by atoms with van der Waals surface area (Å²) in [5.74, 6) is -0.521. The van der Waals surface area contributed by atoms with E-state index in [1.54, 1.807) is 18.3 Å². The first kappa shape index (κ1) is 15.0. The maximum Gasteiger partial charge on any atom is 0.253 e. The number of hydrogen-bond donors (Lipinski definition) is 2. The number of benzene rings is 1. The quantitative estimate of drug-likeness (QED) is 0.904. The summed E-state index contributed by atoms with van der Waals surface area (Å²) in [4.78, 5) is 28.1. The van der Waals surface area contributed by atoms with Crippen LogP contribution in [-0.4, -0.2) is 28.9 Å². The van der Waals surface area contributed by atoms with Crippen LogP contribution in [0.25, 0.3) is 10.9 Å². The molecule has 0 unspecified atom stereocenters. The van der Waals surface area contributed by atoms with Gasteiger partial charge in [-0.2, -0.15) is 0 Å². The van der Waals surface area contributed by atoms with Crippen molar-refractivity contribution in [3.8, 4) is 0 Å². The van der Waals surface area contributed by atoms with Crippen LogP contribution in [0.15, 0.2) is 36.5 Å². The highest BCUT2D eigenvalue weighted by molar-refractivity contribution is 6.06. The number of pyridine rings is 1. The molecule has 110 valence electrons. The van der Waals surface area contributed by atoms with Gasteiger partial charge in [0.05, 0.1) is 17.6 Å². The fraction of sp³-hybridized carbons (Fsp3) is 0.312. The van der Waals surface area contributed by atoms with Gasteiger partial charge in [-0.15, -0.1) is 0 Å². The van der Waals surface area contributed by atoms with Crippen LogP contribution in [0, 0.1) is 0 Å². The van der Waals surface area contributed by atoms with Crippen LogP contribution in [0.2, 0.25) is 0 Å². The minimum atomic E-state index is -0.317. The van der Waals surface area contributed by atoms with Gasteiger partial charge < -0.3 is 10.6 Å². The summed E-state index contributed by atoms with van der Waals surface area (Å²) in [6, 6.07) is 9.11. The monoisotopic (exact) mass is 285 g/mol. The molecule has 2 aromatic rings. The van der Waals surface area contributed by atoms with Crippen LogP contribution in [0.5, 0.6) is 0 Å². The molecule has 0 fully saturated rings. The van der Waals surface area contributed by atoms with Crippen molar-refractivity contribution in [3.63, 3.8) is 0 Å². The number of carbonyl (C=O) groups is 2. The molecule has 5 nitrogen and oxygen atoms in total. The summed E-state index contributed by atoms with van der Waals surface area (Å²) in [6.45, 7) is 5.61. The molecule has 0 saturated carbocycles. The van der Waals surface area contributed by atoms with Crippen molar-refractivity contribution < 1.29 is 9.59 Å². The molecule has 2 rings (SSSR count). The van der Waals surface area contributed by atoms with Crippen molar-refractivity contribution in [1.82, 2.24) is 15.6 Å². The lowest BCUT2D eigenvalue weighted by Crippen LogP contribution is -2.45. The number of amides is 2. The second-order valence-corrected chi connectivity index (χ2v) is 5.86. The van der Waals surface area contributed by atoms with E-state index in [0.717, 1.165) is 5.39 Å². The van der Waals surface area contributed by atoms with Crippen LogP contribution in [0.1, 0.15) is 31.1 Å². The minimum absolute atomic E-state index is 0.0562. The summed E-state index contributed by atoms with van der Waals surface area (Å²) < 4.78 is 0. The lowest BCUT2D eigenvalue weighted by atomic mass is 10.1. The molecule has 1 heterocycles. The van der Waals surface area contributed by atoms with E-state index in [0.29, 0.717) is 11.1 Å². The standard InChI is InChI=1S/C16H19N3O2/c1-16(2,3)19-13(20)10-18-15(21)12-8-4-6-11-7-5-9-17-14(11)12/h4-9H,10H2,1-3H3,(H,18,21)(H,19,20). The van der Waals surface area contributed by atoms with E-state index in [9.17, 15) is 9.59 Å². The van der Waals surface area contributed by atoms with Crippen molar-refractivity contribution in [2.45, 2.75) is 26.3 Å². The van der Waals surface area contributed by atoms with E-state index < -0.39 is 0 Å². The average Bonchev–Trinajstić information content (AvgIpc) is 2.42. The number of rotatable bonds is 3. The second-order valence-electron chi connectivity index (χ2n) is 5.86. The Kier molecular flexibility index (Phi) is 4.21. The SMILES string of the molecule is CC(C)(C)NC(=O)CNC(=O)c1cccc2cccnc12. The third-order valence-corrected chi connectivity index (χ3v) is 2.80. The van der Waals surface area contributed by atoms with Gasteiger partial charge in [0, 0.05) is 17.1 Å². The first-order valence-electron chi connectivity index (χ1n) is 6.80. The van der Waals surface area contributed by atoms with Gasteiger partial charge in [-0.05, 0) is 32.9 Å². The fourth-order valence-corrected chi connectivity index (χ4v) is 2.01. The van der Waals surface area contributed by atoms with Crippen molar-refractivity contribution in [2.24, 2.45) is 0 Å². The van der Waals surface area contributed by atoms with Crippen molar-refractivity contribution in [2.75, 3.05) is 6.54 Å².